The van der Waals surface area contributed by atoms with Crippen LogP contribution in [0, 0.1) is 11.8 Å². The summed E-state index contributed by atoms with van der Waals surface area (Å²) in [6.45, 7) is 2.75. The molecule has 1 atom stereocenters. The van der Waals surface area contributed by atoms with Crippen LogP contribution in [-0.4, -0.2) is 48.9 Å². The number of nitrogens with one attached hydrogen (secondary N) is 1. The average molecular weight is 342 g/mol. The first-order valence-electron chi connectivity index (χ1n) is 8.88. The molecule has 1 saturated heterocycles. The summed E-state index contributed by atoms with van der Waals surface area (Å²) in [7, 11) is 0. The number of aromatic nitrogens is 4. The molecule has 1 N–H and O–H groups in total. The molecule has 1 aliphatic heterocycles. The lowest BCUT2D eigenvalue weighted by molar-refractivity contribution is -0.130. The minimum absolute atomic E-state index is 0.0873. The highest BCUT2D eigenvalue weighted by Gasteiger charge is 2.38. The minimum atomic E-state index is -0.341. The quantitative estimate of drug-likeness (QED) is 0.912. The maximum absolute atomic E-state index is 12.5. The zero-order valence-electron chi connectivity index (χ0n) is 14.3. The Bertz CT molecular complexity index is 762. The third-order valence-corrected chi connectivity index (χ3v) is 5.31. The summed E-state index contributed by atoms with van der Waals surface area (Å²) < 4.78 is 1.50. The van der Waals surface area contributed by atoms with Gasteiger partial charge >= 0.3 is 0 Å². The molecule has 2 aromatic rings. The van der Waals surface area contributed by atoms with Gasteiger partial charge in [-0.3, -0.25) is 14.9 Å². The predicted octanol–water partition coefficient (Wildman–Crippen LogP) is 1.49. The van der Waals surface area contributed by atoms with Gasteiger partial charge in [-0.05, 0) is 37.7 Å². The van der Waals surface area contributed by atoms with Gasteiger partial charge in [0, 0.05) is 31.4 Å². The lowest BCUT2D eigenvalue weighted by Gasteiger charge is -2.33. The van der Waals surface area contributed by atoms with Crippen molar-refractivity contribution in [2.45, 2.75) is 45.1 Å². The molecule has 132 valence electrons. The molecule has 4 rings (SSSR count). The number of nitrogens with zero attached hydrogens (tertiary/aromatic N) is 5. The number of hydrogen-bond donors (Lipinski definition) is 1. The standard InChI is InChI=1S/C17H22N6O2/c1-11-3-5-13(6-4-11)22-10-12(9-14(22)24)15(25)19-16-20-17-18-7-2-8-23(17)21-16/h2,7-8,11-13H,3-6,9-10H2,1H3,(H,19,21,25). The van der Waals surface area contributed by atoms with Crippen molar-refractivity contribution in [3.8, 4) is 0 Å². The maximum Gasteiger partial charge on any atom is 0.253 e. The van der Waals surface area contributed by atoms with Gasteiger partial charge in [-0.25, -0.2) is 9.50 Å². The Morgan fingerprint density at radius 1 is 1.28 bits per heavy atom. The Hall–Kier alpha value is -2.51. The number of rotatable bonds is 3. The van der Waals surface area contributed by atoms with Crippen LogP contribution in [0.4, 0.5) is 5.95 Å². The van der Waals surface area contributed by atoms with Crippen LogP contribution >= 0.6 is 0 Å². The number of likely N-dealkylation sites (tertiary alicyclic amines) is 1. The van der Waals surface area contributed by atoms with Crippen molar-refractivity contribution in [1.29, 1.82) is 0 Å². The first-order valence-corrected chi connectivity index (χ1v) is 8.88. The smallest absolute Gasteiger partial charge is 0.253 e. The molecule has 8 heteroatoms. The number of hydrogen-bond acceptors (Lipinski definition) is 5. The van der Waals surface area contributed by atoms with Gasteiger partial charge in [0.15, 0.2) is 0 Å². The third kappa shape index (κ3) is 3.20. The first-order chi connectivity index (χ1) is 12.1. The zero-order valence-corrected chi connectivity index (χ0v) is 14.3. The molecule has 25 heavy (non-hydrogen) atoms. The van der Waals surface area contributed by atoms with Crippen LogP contribution in [0.25, 0.3) is 5.78 Å². The highest BCUT2D eigenvalue weighted by atomic mass is 16.2. The second-order valence-corrected chi connectivity index (χ2v) is 7.15. The van der Waals surface area contributed by atoms with E-state index < -0.39 is 0 Å². The molecule has 3 heterocycles. The highest BCUT2D eigenvalue weighted by molar-refractivity contribution is 5.96. The second-order valence-electron chi connectivity index (χ2n) is 7.15. The van der Waals surface area contributed by atoms with Crippen molar-refractivity contribution in [2.75, 3.05) is 11.9 Å². The number of fused-ring (bicyclic) bond motifs is 1. The van der Waals surface area contributed by atoms with Crippen molar-refractivity contribution in [3.05, 3.63) is 18.5 Å². The fourth-order valence-corrected chi connectivity index (χ4v) is 3.81. The van der Waals surface area contributed by atoms with Gasteiger partial charge < -0.3 is 4.90 Å². The monoisotopic (exact) mass is 342 g/mol. The lowest BCUT2D eigenvalue weighted by Crippen LogP contribution is -2.39. The van der Waals surface area contributed by atoms with Gasteiger partial charge in [0.1, 0.15) is 0 Å². The molecule has 0 radical (unpaired) electrons. The number of amides is 2. The van der Waals surface area contributed by atoms with Crippen LogP contribution in [0.15, 0.2) is 18.5 Å². The van der Waals surface area contributed by atoms with Crippen LogP contribution in [0.2, 0.25) is 0 Å². The molecule has 1 unspecified atom stereocenters. The van der Waals surface area contributed by atoms with E-state index in [4.69, 9.17) is 0 Å². The van der Waals surface area contributed by atoms with Crippen LogP contribution in [0.3, 0.4) is 0 Å². The highest BCUT2D eigenvalue weighted by Crippen LogP contribution is 2.31. The van der Waals surface area contributed by atoms with Gasteiger partial charge in [0.25, 0.3) is 11.7 Å². The van der Waals surface area contributed by atoms with Crippen molar-refractivity contribution < 1.29 is 9.59 Å². The Morgan fingerprint density at radius 2 is 2.08 bits per heavy atom. The second kappa shape index (κ2) is 6.42. The maximum atomic E-state index is 12.5. The van der Waals surface area contributed by atoms with E-state index in [9.17, 15) is 9.59 Å². The van der Waals surface area contributed by atoms with E-state index in [0.717, 1.165) is 31.6 Å². The Morgan fingerprint density at radius 3 is 2.84 bits per heavy atom. The fraction of sp³-hybridized carbons (Fsp3) is 0.588. The minimum Gasteiger partial charge on any atom is -0.339 e. The molecule has 8 nitrogen and oxygen atoms in total. The summed E-state index contributed by atoms with van der Waals surface area (Å²) in [5, 5.41) is 6.90. The van der Waals surface area contributed by atoms with Gasteiger partial charge in [-0.15, -0.1) is 5.10 Å². The molecule has 2 amide bonds. The zero-order chi connectivity index (χ0) is 17.4. The van der Waals surface area contributed by atoms with Crippen molar-refractivity contribution in [1.82, 2.24) is 24.5 Å². The Kier molecular flexibility index (Phi) is 4.10. The van der Waals surface area contributed by atoms with Crippen LogP contribution in [0.1, 0.15) is 39.0 Å². The molecule has 2 aromatic heterocycles. The summed E-state index contributed by atoms with van der Waals surface area (Å²) >= 11 is 0. The van der Waals surface area contributed by atoms with Crippen molar-refractivity contribution in [3.63, 3.8) is 0 Å². The number of carbonyl (C=O) groups is 2. The van der Waals surface area contributed by atoms with E-state index in [1.807, 2.05) is 4.90 Å². The number of carbonyl (C=O) groups excluding carboxylic acids is 2. The van der Waals surface area contributed by atoms with Crippen LogP contribution < -0.4 is 5.32 Å². The molecule has 0 spiro atoms. The summed E-state index contributed by atoms with van der Waals surface area (Å²) in [5.41, 5.74) is 0. The SMILES string of the molecule is CC1CCC(N2CC(C(=O)Nc3nc4ncccn4n3)CC2=O)CC1. The molecular weight excluding hydrogens is 320 g/mol. The van der Waals surface area contributed by atoms with E-state index in [1.165, 1.54) is 4.52 Å². The Balaban J connectivity index is 1.40. The molecule has 1 saturated carbocycles. The van der Waals surface area contributed by atoms with E-state index in [0.29, 0.717) is 18.4 Å². The first kappa shape index (κ1) is 16.0. The predicted molar refractivity (Wildman–Crippen MR) is 90.7 cm³/mol. The molecule has 0 aromatic carbocycles. The van der Waals surface area contributed by atoms with Gasteiger partial charge in [-0.2, -0.15) is 4.98 Å². The van der Waals surface area contributed by atoms with E-state index in [1.54, 1.807) is 18.5 Å². The normalized spacial score (nSPS) is 27.0. The van der Waals surface area contributed by atoms with E-state index >= 15 is 0 Å². The fourth-order valence-electron chi connectivity index (χ4n) is 3.81. The molecular formula is C17H22N6O2. The Labute approximate surface area is 145 Å². The van der Waals surface area contributed by atoms with E-state index in [2.05, 4.69) is 27.3 Å². The summed E-state index contributed by atoms with van der Waals surface area (Å²) in [4.78, 5) is 35.0. The average Bonchev–Trinajstić information content (AvgIpc) is 3.18. The summed E-state index contributed by atoms with van der Waals surface area (Å²) in [6, 6.07) is 2.03. The summed E-state index contributed by atoms with van der Waals surface area (Å²) in [6.07, 6.45) is 8.00. The van der Waals surface area contributed by atoms with Gasteiger partial charge in [-0.1, -0.05) is 6.92 Å². The van der Waals surface area contributed by atoms with E-state index in [-0.39, 0.29) is 30.1 Å². The molecule has 2 fully saturated rings. The van der Waals surface area contributed by atoms with Crippen molar-refractivity contribution >= 4 is 23.5 Å². The van der Waals surface area contributed by atoms with Gasteiger partial charge in [0.05, 0.1) is 5.92 Å². The molecule has 2 aliphatic rings. The third-order valence-electron chi connectivity index (χ3n) is 5.31. The largest absolute Gasteiger partial charge is 0.339 e. The van der Waals surface area contributed by atoms with Crippen LogP contribution in [0.5, 0.6) is 0 Å². The van der Waals surface area contributed by atoms with Gasteiger partial charge in [0.2, 0.25) is 11.8 Å². The summed E-state index contributed by atoms with van der Waals surface area (Å²) in [5.74, 6) is 0.939. The lowest BCUT2D eigenvalue weighted by atomic mass is 9.87. The molecule has 0 bridgehead atoms. The number of anilines is 1. The topological polar surface area (TPSA) is 92.5 Å². The van der Waals surface area contributed by atoms with Crippen molar-refractivity contribution in [2.24, 2.45) is 11.8 Å². The van der Waals surface area contributed by atoms with Crippen LogP contribution in [-0.2, 0) is 9.59 Å². The molecule has 1 aliphatic carbocycles.